The Morgan fingerprint density at radius 1 is 1.25 bits per heavy atom. The Kier molecular flexibility index (Phi) is 5.70. The summed E-state index contributed by atoms with van der Waals surface area (Å²) < 4.78 is 38.7. The Bertz CT molecular complexity index is 1280. The van der Waals surface area contributed by atoms with Crippen LogP contribution in [0, 0.1) is 6.92 Å². The number of aromatic nitrogens is 3. The molecule has 2 heterocycles. The van der Waals surface area contributed by atoms with Gasteiger partial charge in [-0.1, -0.05) is 12.1 Å². The molecular formula is C21H16F3N5O2S. The van der Waals surface area contributed by atoms with Gasteiger partial charge in [0.2, 0.25) is 0 Å². The molecule has 7 nitrogen and oxygen atoms in total. The van der Waals surface area contributed by atoms with E-state index in [1.807, 2.05) is 24.3 Å². The van der Waals surface area contributed by atoms with E-state index >= 15 is 0 Å². The molecule has 32 heavy (non-hydrogen) atoms. The number of aryl methyl sites for hydroxylation is 1. The fourth-order valence-electron chi connectivity index (χ4n) is 3.17. The molecule has 1 N–H and O–H groups in total. The van der Waals surface area contributed by atoms with E-state index in [4.69, 9.17) is 0 Å². The van der Waals surface area contributed by atoms with Crippen LogP contribution in [0.3, 0.4) is 0 Å². The molecule has 0 amide bonds. The molecule has 11 heteroatoms. The van der Waals surface area contributed by atoms with Crippen LogP contribution < -0.4 is 0 Å². The van der Waals surface area contributed by atoms with E-state index in [1.54, 1.807) is 6.92 Å². The maximum absolute atomic E-state index is 12.6. The van der Waals surface area contributed by atoms with E-state index < -0.39 is 18.2 Å². The van der Waals surface area contributed by atoms with Crippen molar-refractivity contribution in [3.05, 3.63) is 41.6 Å². The number of para-hydroxylation sites is 1. The predicted octanol–water partition coefficient (Wildman–Crippen LogP) is 4.68. The van der Waals surface area contributed by atoms with Crippen molar-refractivity contribution >= 4 is 51.0 Å². The lowest BCUT2D eigenvalue weighted by molar-refractivity contribution is -0.113. The van der Waals surface area contributed by atoms with Gasteiger partial charge >= 0.3 is 6.18 Å². The zero-order valence-electron chi connectivity index (χ0n) is 16.9. The van der Waals surface area contributed by atoms with Crippen molar-refractivity contribution in [2.75, 3.05) is 0 Å². The van der Waals surface area contributed by atoms with Crippen LogP contribution in [0.4, 0.5) is 24.9 Å². The van der Waals surface area contributed by atoms with Crippen molar-refractivity contribution in [2.45, 2.75) is 32.5 Å². The second-order valence-electron chi connectivity index (χ2n) is 7.07. The molecule has 3 aromatic rings. The van der Waals surface area contributed by atoms with Gasteiger partial charge in [-0.15, -0.1) is 11.3 Å². The number of carbonyl (C=O) groups is 1. The Morgan fingerprint density at radius 2 is 2.00 bits per heavy atom. The van der Waals surface area contributed by atoms with E-state index in [1.165, 1.54) is 24.3 Å². The normalized spacial score (nSPS) is 18.1. The van der Waals surface area contributed by atoms with Crippen LogP contribution in [0.15, 0.2) is 45.9 Å². The number of hydrogen-bond acceptors (Lipinski definition) is 8. The number of thiazole rings is 1. The van der Waals surface area contributed by atoms with Crippen LogP contribution in [0.2, 0.25) is 0 Å². The fraction of sp³-hybridized carbons (Fsp3) is 0.238. The number of ketones is 1. The molecule has 0 saturated carbocycles. The molecule has 1 aromatic carbocycles. The number of fused-ring (bicyclic) bond motifs is 1. The number of aliphatic hydroxyl groups is 1. The van der Waals surface area contributed by atoms with E-state index in [2.05, 4.69) is 24.9 Å². The van der Waals surface area contributed by atoms with Gasteiger partial charge in [0.25, 0.3) is 5.95 Å². The number of hydrogen-bond donors (Lipinski definition) is 1. The molecule has 0 bridgehead atoms. The molecule has 0 fully saturated rings. The third kappa shape index (κ3) is 4.63. The maximum atomic E-state index is 12.6. The molecule has 1 aliphatic carbocycles. The highest BCUT2D eigenvalue weighted by Gasteiger charge is 2.26. The summed E-state index contributed by atoms with van der Waals surface area (Å²) in [6, 6.07) is 7.44. The topological polar surface area (TPSA) is 101 Å². The average molecular weight is 459 g/mol. The van der Waals surface area contributed by atoms with Crippen LogP contribution in [0.5, 0.6) is 0 Å². The van der Waals surface area contributed by atoms with Gasteiger partial charge in [-0.2, -0.15) is 18.2 Å². The minimum absolute atomic E-state index is 0.0260. The van der Waals surface area contributed by atoms with E-state index in [-0.39, 0.29) is 29.9 Å². The largest absolute Gasteiger partial charge is 0.426 e. The molecular weight excluding hydrogens is 443 g/mol. The van der Waals surface area contributed by atoms with Crippen LogP contribution in [-0.2, 0) is 4.79 Å². The molecule has 0 radical (unpaired) electrons. The Labute approximate surface area is 184 Å². The summed E-state index contributed by atoms with van der Waals surface area (Å²) in [5.74, 6) is -0.593. The predicted molar refractivity (Wildman–Crippen MR) is 116 cm³/mol. The highest BCUT2D eigenvalue weighted by Crippen LogP contribution is 2.38. The van der Waals surface area contributed by atoms with Crippen LogP contribution in [0.1, 0.15) is 19.0 Å². The lowest BCUT2D eigenvalue weighted by Gasteiger charge is -2.09. The molecule has 0 aliphatic heterocycles. The van der Waals surface area contributed by atoms with E-state index in [0.29, 0.717) is 21.8 Å². The minimum Gasteiger partial charge on any atom is -0.383 e. The standard InChI is InChI=1S/C21H16F3N5O2S/c1-10-17(19-28-13-5-3-4-6-16(13)32-19)18(29-20(26-10)25-9-21(22,23)24)27-14-7-12(11(2)30)8-15(14)31/h3-6,8-9,15,31H,7H2,1-2H3/t15-/m1/s1. The number of alkyl halides is 3. The summed E-state index contributed by atoms with van der Waals surface area (Å²) in [7, 11) is 0. The van der Waals surface area contributed by atoms with Gasteiger partial charge in [0, 0.05) is 6.42 Å². The third-order valence-corrected chi connectivity index (χ3v) is 5.72. The summed E-state index contributed by atoms with van der Waals surface area (Å²) in [5, 5.41) is 10.8. The van der Waals surface area contributed by atoms with Crippen molar-refractivity contribution in [1.29, 1.82) is 0 Å². The Hall–Kier alpha value is -3.31. The van der Waals surface area contributed by atoms with Gasteiger partial charge in [-0.25, -0.2) is 20.0 Å². The molecule has 2 aromatic heterocycles. The van der Waals surface area contributed by atoms with Crippen molar-refractivity contribution in [3.63, 3.8) is 0 Å². The highest BCUT2D eigenvalue weighted by molar-refractivity contribution is 7.21. The summed E-state index contributed by atoms with van der Waals surface area (Å²) in [4.78, 5) is 32.2. The molecule has 0 spiro atoms. The lowest BCUT2D eigenvalue weighted by Crippen LogP contribution is -2.12. The molecule has 1 atom stereocenters. The first-order valence-corrected chi connectivity index (χ1v) is 10.3. The van der Waals surface area contributed by atoms with E-state index in [9.17, 15) is 23.1 Å². The Morgan fingerprint density at radius 3 is 2.66 bits per heavy atom. The number of aliphatic hydroxyl groups excluding tert-OH is 1. The summed E-state index contributed by atoms with van der Waals surface area (Å²) in [6.07, 6.45) is -4.42. The number of allylic oxidation sites excluding steroid dienone is 1. The fourth-order valence-corrected chi connectivity index (χ4v) is 4.23. The zero-order chi connectivity index (χ0) is 23.0. The first-order valence-electron chi connectivity index (χ1n) is 9.44. The number of halogens is 3. The summed E-state index contributed by atoms with van der Waals surface area (Å²) >= 11 is 1.36. The van der Waals surface area contributed by atoms with Gasteiger partial charge in [0.1, 0.15) is 17.3 Å². The van der Waals surface area contributed by atoms with Crippen molar-refractivity contribution in [2.24, 2.45) is 9.98 Å². The molecule has 0 saturated heterocycles. The number of Topliss-reactive ketones (excluding diaryl/α,β-unsaturated/α-hetero) is 1. The van der Waals surface area contributed by atoms with Crippen molar-refractivity contribution in [1.82, 2.24) is 15.0 Å². The molecule has 4 rings (SSSR count). The monoisotopic (exact) mass is 459 g/mol. The molecule has 164 valence electrons. The minimum atomic E-state index is -4.63. The zero-order valence-corrected chi connectivity index (χ0v) is 17.7. The molecule has 0 unspecified atom stereocenters. The summed E-state index contributed by atoms with van der Waals surface area (Å²) in [6.45, 7) is 2.98. The highest BCUT2D eigenvalue weighted by atomic mass is 32.1. The van der Waals surface area contributed by atoms with Crippen molar-refractivity contribution < 1.29 is 23.1 Å². The quantitative estimate of drug-likeness (QED) is 0.571. The number of aliphatic imine (C=N–C) groups is 2. The van der Waals surface area contributed by atoms with Crippen LogP contribution in [0.25, 0.3) is 20.8 Å². The van der Waals surface area contributed by atoms with Gasteiger partial charge < -0.3 is 5.11 Å². The summed E-state index contributed by atoms with van der Waals surface area (Å²) in [5.41, 5.74) is 2.15. The van der Waals surface area contributed by atoms with E-state index in [0.717, 1.165) is 10.2 Å². The first-order chi connectivity index (χ1) is 15.1. The second-order valence-corrected chi connectivity index (χ2v) is 8.10. The van der Waals surface area contributed by atoms with Crippen LogP contribution in [-0.4, -0.2) is 50.0 Å². The van der Waals surface area contributed by atoms with Crippen molar-refractivity contribution in [3.8, 4) is 10.6 Å². The van der Waals surface area contributed by atoms with Crippen LogP contribution >= 0.6 is 11.3 Å². The number of nitrogens with zero attached hydrogens (tertiary/aromatic N) is 5. The second kappa shape index (κ2) is 8.32. The average Bonchev–Trinajstić information content (AvgIpc) is 3.29. The Balaban J connectivity index is 1.86. The van der Waals surface area contributed by atoms with Gasteiger partial charge in [0.05, 0.1) is 27.2 Å². The maximum Gasteiger partial charge on any atom is 0.426 e. The van der Waals surface area contributed by atoms with Gasteiger partial charge in [0.15, 0.2) is 11.6 Å². The lowest BCUT2D eigenvalue weighted by atomic mass is 10.1. The molecule has 1 aliphatic rings. The smallest absolute Gasteiger partial charge is 0.383 e. The number of benzene rings is 1. The third-order valence-electron chi connectivity index (χ3n) is 4.67. The SMILES string of the molecule is CC(=O)C1=C[C@@H](O)C(=Nc2nc(N=CC(F)(F)F)nc(C)c2-c2nc3ccccc3s2)C1. The number of carbonyl (C=O) groups excluding carboxylic acids is 1. The number of rotatable bonds is 4. The first kappa shape index (κ1) is 21.9. The van der Waals surface area contributed by atoms with Gasteiger partial charge in [-0.3, -0.25) is 4.79 Å². The van der Waals surface area contributed by atoms with Gasteiger partial charge in [-0.05, 0) is 37.6 Å².